The molecule has 0 aliphatic heterocycles. The molecule has 0 atom stereocenters. The van der Waals surface area contributed by atoms with Crippen molar-refractivity contribution in [1.82, 2.24) is 4.98 Å². The topological polar surface area (TPSA) is 39.2 Å². The van der Waals surface area contributed by atoms with Gasteiger partial charge in [-0.25, -0.2) is 8.78 Å². The number of ether oxygens (including phenoxy) is 1. The Labute approximate surface area is 99.9 Å². The van der Waals surface area contributed by atoms with Crippen LogP contribution in [0.5, 0.6) is 0 Å². The van der Waals surface area contributed by atoms with Crippen LogP contribution in [0.15, 0.2) is 10.5 Å². The average Bonchev–Trinajstić information content (AvgIpc) is 2.22. The molecular weight excluding hydrogens is 284 g/mol. The van der Waals surface area contributed by atoms with Gasteiger partial charge in [-0.05, 0) is 28.9 Å². The fourth-order valence-corrected chi connectivity index (χ4v) is 1.59. The van der Waals surface area contributed by atoms with E-state index in [0.717, 1.165) is 0 Å². The lowest BCUT2D eigenvalue weighted by atomic mass is 10.1. The summed E-state index contributed by atoms with van der Waals surface area (Å²) in [6, 6.07) is 1.21. The van der Waals surface area contributed by atoms with Gasteiger partial charge in [0, 0.05) is 10.0 Å². The van der Waals surface area contributed by atoms with Crippen molar-refractivity contribution in [1.29, 1.82) is 0 Å². The molecule has 0 aliphatic rings. The number of carbonyl (C=O) groups is 1. The van der Waals surface area contributed by atoms with Crippen molar-refractivity contribution >= 4 is 21.9 Å². The third-order valence-electron chi connectivity index (χ3n) is 1.99. The number of rotatable bonds is 3. The van der Waals surface area contributed by atoms with Crippen molar-refractivity contribution in [2.24, 2.45) is 0 Å². The first-order valence-electron chi connectivity index (χ1n) is 4.46. The molecule has 0 N–H and O–H groups in total. The van der Waals surface area contributed by atoms with E-state index in [1.165, 1.54) is 13.2 Å². The van der Waals surface area contributed by atoms with Crippen LogP contribution in [0.3, 0.4) is 0 Å². The van der Waals surface area contributed by atoms with Gasteiger partial charge in [-0.2, -0.15) is 0 Å². The molecule has 1 heterocycles. The molecular formula is C10H10BrF2NO2. The lowest BCUT2D eigenvalue weighted by Gasteiger charge is -2.08. The number of methoxy groups -OCH3 is 1. The van der Waals surface area contributed by atoms with Gasteiger partial charge in [0.05, 0.1) is 24.9 Å². The number of nitrogens with zero attached hydrogens (tertiary/aromatic N) is 1. The van der Waals surface area contributed by atoms with Crippen molar-refractivity contribution in [2.45, 2.75) is 19.8 Å². The summed E-state index contributed by atoms with van der Waals surface area (Å²) >= 11 is 3.04. The summed E-state index contributed by atoms with van der Waals surface area (Å²) in [4.78, 5) is 15.0. The highest BCUT2D eigenvalue weighted by Crippen LogP contribution is 2.29. The molecule has 0 unspecified atom stereocenters. The van der Waals surface area contributed by atoms with E-state index in [2.05, 4.69) is 25.7 Å². The summed E-state index contributed by atoms with van der Waals surface area (Å²) in [5.41, 5.74) is 0.547. The highest BCUT2D eigenvalue weighted by Gasteiger charge is 2.17. The summed E-state index contributed by atoms with van der Waals surface area (Å²) < 4.78 is 30.0. The first-order chi connectivity index (χ1) is 7.45. The SMILES string of the molecule is COC(=O)Cc1cc(C(F)F)c(Br)c(C)n1. The molecule has 88 valence electrons. The van der Waals surface area contributed by atoms with Crippen molar-refractivity contribution < 1.29 is 18.3 Å². The highest BCUT2D eigenvalue weighted by molar-refractivity contribution is 9.10. The van der Waals surface area contributed by atoms with Gasteiger partial charge in [0.15, 0.2) is 0 Å². The number of alkyl halides is 2. The summed E-state index contributed by atoms with van der Waals surface area (Å²) in [6.07, 6.45) is -2.71. The van der Waals surface area contributed by atoms with Gasteiger partial charge in [-0.3, -0.25) is 9.78 Å². The molecule has 0 aromatic carbocycles. The van der Waals surface area contributed by atoms with E-state index in [1.54, 1.807) is 6.92 Å². The standard InChI is InChI=1S/C10H10BrF2NO2/c1-5-9(11)7(10(12)13)3-6(14-5)4-8(15)16-2/h3,10H,4H2,1-2H3. The maximum atomic E-state index is 12.6. The molecule has 0 bridgehead atoms. The number of hydrogen-bond acceptors (Lipinski definition) is 3. The minimum Gasteiger partial charge on any atom is -0.469 e. The molecule has 0 aliphatic carbocycles. The summed E-state index contributed by atoms with van der Waals surface area (Å²) in [5, 5.41) is 0. The molecule has 3 nitrogen and oxygen atoms in total. The van der Waals surface area contributed by atoms with Crippen LogP contribution in [0.4, 0.5) is 8.78 Å². The lowest BCUT2D eigenvalue weighted by Crippen LogP contribution is -2.08. The maximum absolute atomic E-state index is 12.6. The number of carbonyl (C=O) groups excluding carboxylic acids is 1. The van der Waals surface area contributed by atoms with Gasteiger partial charge in [-0.15, -0.1) is 0 Å². The third kappa shape index (κ3) is 2.98. The zero-order chi connectivity index (χ0) is 12.3. The van der Waals surface area contributed by atoms with Crippen molar-refractivity contribution in [3.05, 3.63) is 27.5 Å². The smallest absolute Gasteiger partial charge is 0.311 e. The van der Waals surface area contributed by atoms with Gasteiger partial charge in [0.2, 0.25) is 0 Å². The first-order valence-corrected chi connectivity index (χ1v) is 5.26. The first kappa shape index (κ1) is 13.0. The molecule has 1 aromatic rings. The van der Waals surface area contributed by atoms with Crippen LogP contribution < -0.4 is 0 Å². The second-order valence-electron chi connectivity index (χ2n) is 3.16. The van der Waals surface area contributed by atoms with Crippen molar-refractivity contribution in [2.75, 3.05) is 7.11 Å². The molecule has 16 heavy (non-hydrogen) atoms. The fraction of sp³-hybridized carbons (Fsp3) is 0.400. The monoisotopic (exact) mass is 293 g/mol. The second kappa shape index (κ2) is 5.34. The molecule has 1 rings (SSSR count). The third-order valence-corrected chi connectivity index (χ3v) is 3.02. The Kier molecular flexibility index (Phi) is 4.35. The predicted molar refractivity (Wildman–Crippen MR) is 57.4 cm³/mol. The highest BCUT2D eigenvalue weighted by atomic mass is 79.9. The summed E-state index contributed by atoms with van der Waals surface area (Å²) in [7, 11) is 1.24. The quantitative estimate of drug-likeness (QED) is 0.805. The van der Waals surface area contributed by atoms with Crippen LogP contribution in [0.1, 0.15) is 23.4 Å². The summed E-state index contributed by atoms with van der Waals surface area (Å²) in [5.74, 6) is -0.505. The molecule has 0 saturated heterocycles. The Balaban J connectivity index is 3.09. The number of esters is 1. The van der Waals surface area contributed by atoms with E-state index in [1.807, 2.05) is 0 Å². The van der Waals surface area contributed by atoms with Gasteiger partial charge in [0.1, 0.15) is 0 Å². The molecule has 6 heteroatoms. The average molecular weight is 294 g/mol. The number of hydrogen-bond donors (Lipinski definition) is 0. The van der Waals surface area contributed by atoms with Crippen LogP contribution in [0.25, 0.3) is 0 Å². The van der Waals surface area contributed by atoms with E-state index >= 15 is 0 Å². The Bertz CT molecular complexity index is 410. The molecule has 0 amide bonds. The minimum absolute atomic E-state index is 0.107. The van der Waals surface area contributed by atoms with E-state index in [-0.39, 0.29) is 22.2 Å². The van der Waals surface area contributed by atoms with E-state index < -0.39 is 12.4 Å². The van der Waals surface area contributed by atoms with Crippen LogP contribution in [0.2, 0.25) is 0 Å². The predicted octanol–water partition coefficient (Wildman–Crippen LogP) is 2.81. The van der Waals surface area contributed by atoms with Crippen molar-refractivity contribution in [3.63, 3.8) is 0 Å². The Morgan fingerprint density at radius 1 is 1.62 bits per heavy atom. The van der Waals surface area contributed by atoms with Gasteiger partial charge in [-0.1, -0.05) is 0 Å². The largest absolute Gasteiger partial charge is 0.469 e. The number of aromatic nitrogens is 1. The van der Waals surface area contributed by atoms with Crippen LogP contribution in [-0.4, -0.2) is 18.1 Å². The Morgan fingerprint density at radius 3 is 2.75 bits per heavy atom. The van der Waals surface area contributed by atoms with E-state index in [9.17, 15) is 13.6 Å². The van der Waals surface area contributed by atoms with Crippen LogP contribution >= 0.6 is 15.9 Å². The Morgan fingerprint density at radius 2 is 2.25 bits per heavy atom. The number of aryl methyl sites for hydroxylation is 1. The van der Waals surface area contributed by atoms with Gasteiger partial charge < -0.3 is 4.74 Å². The molecule has 0 radical (unpaired) electrons. The lowest BCUT2D eigenvalue weighted by molar-refractivity contribution is -0.139. The summed E-state index contributed by atoms with van der Waals surface area (Å²) in [6.45, 7) is 1.59. The normalized spacial score (nSPS) is 10.6. The second-order valence-corrected chi connectivity index (χ2v) is 3.95. The molecule has 1 aromatic heterocycles. The van der Waals surface area contributed by atoms with E-state index in [4.69, 9.17) is 0 Å². The van der Waals surface area contributed by atoms with Crippen molar-refractivity contribution in [3.8, 4) is 0 Å². The van der Waals surface area contributed by atoms with Gasteiger partial charge >= 0.3 is 5.97 Å². The Hall–Kier alpha value is -1.04. The molecule has 0 fully saturated rings. The number of halogens is 3. The van der Waals surface area contributed by atoms with E-state index in [0.29, 0.717) is 5.69 Å². The fourth-order valence-electron chi connectivity index (χ4n) is 1.22. The molecule has 0 saturated carbocycles. The number of pyridine rings is 1. The zero-order valence-corrected chi connectivity index (χ0v) is 10.3. The van der Waals surface area contributed by atoms with Gasteiger partial charge in [0.25, 0.3) is 6.43 Å². The zero-order valence-electron chi connectivity index (χ0n) is 8.76. The minimum atomic E-state index is -2.60. The maximum Gasteiger partial charge on any atom is 0.311 e. The van der Waals surface area contributed by atoms with Crippen LogP contribution in [0, 0.1) is 6.92 Å². The molecule has 0 spiro atoms. The van der Waals surface area contributed by atoms with Crippen LogP contribution in [-0.2, 0) is 16.0 Å².